The van der Waals surface area contributed by atoms with Gasteiger partial charge in [0.1, 0.15) is 12.3 Å². The molecule has 1 amide bonds. The van der Waals surface area contributed by atoms with Gasteiger partial charge >= 0.3 is 0 Å². The zero-order valence-corrected chi connectivity index (χ0v) is 17.2. The van der Waals surface area contributed by atoms with Crippen LogP contribution in [0.4, 0.5) is 0 Å². The molecule has 0 aliphatic rings. The highest BCUT2D eigenvalue weighted by molar-refractivity contribution is 5.76. The van der Waals surface area contributed by atoms with Crippen LogP contribution in [0.2, 0.25) is 0 Å². The number of amides is 1. The Morgan fingerprint density at radius 2 is 1.45 bits per heavy atom. The molecule has 0 aliphatic heterocycles. The Labute approximate surface area is 180 Å². The molecule has 1 heterocycles. The number of rotatable bonds is 8. The molecule has 4 aromatic rings. The van der Waals surface area contributed by atoms with E-state index >= 15 is 0 Å². The number of hydrogen-bond acceptors (Lipinski definition) is 5. The second-order valence-electron chi connectivity index (χ2n) is 7.07. The summed E-state index contributed by atoms with van der Waals surface area (Å²) in [6, 6.07) is 29.1. The van der Waals surface area contributed by atoms with Crippen molar-refractivity contribution in [2.75, 3.05) is 7.05 Å². The van der Waals surface area contributed by atoms with Crippen molar-refractivity contribution in [1.82, 2.24) is 25.1 Å². The lowest BCUT2D eigenvalue weighted by atomic mass is 9.97. The van der Waals surface area contributed by atoms with Gasteiger partial charge in [-0.25, -0.2) is 0 Å². The van der Waals surface area contributed by atoms with Crippen LogP contribution in [0.3, 0.4) is 0 Å². The van der Waals surface area contributed by atoms with Gasteiger partial charge in [0.25, 0.3) is 0 Å². The van der Waals surface area contributed by atoms with Gasteiger partial charge in [0.05, 0.1) is 6.04 Å². The molecule has 3 aromatic carbocycles. The molecule has 156 valence electrons. The lowest BCUT2D eigenvalue weighted by molar-refractivity contribution is -0.132. The molecule has 0 N–H and O–H groups in total. The summed E-state index contributed by atoms with van der Waals surface area (Å²) in [6.07, 6.45) is 0. The summed E-state index contributed by atoms with van der Waals surface area (Å²) in [4.78, 5) is 16.1. The quantitative estimate of drug-likeness (QED) is 0.442. The van der Waals surface area contributed by atoms with Gasteiger partial charge < -0.3 is 9.64 Å². The lowest BCUT2D eigenvalue weighted by Crippen LogP contribution is -2.35. The molecule has 7 nitrogen and oxygen atoms in total. The van der Waals surface area contributed by atoms with Crippen LogP contribution >= 0.6 is 0 Å². The average molecular weight is 413 g/mol. The third kappa shape index (κ3) is 5.14. The van der Waals surface area contributed by atoms with Crippen LogP contribution in [0, 0.1) is 0 Å². The van der Waals surface area contributed by atoms with Crippen LogP contribution in [-0.2, 0) is 17.9 Å². The molecule has 0 saturated carbocycles. The van der Waals surface area contributed by atoms with Crippen LogP contribution < -0.4 is 4.74 Å². The predicted molar refractivity (Wildman–Crippen MR) is 116 cm³/mol. The van der Waals surface area contributed by atoms with Crippen molar-refractivity contribution < 1.29 is 9.53 Å². The number of ether oxygens (including phenoxy) is 1. The maximum absolute atomic E-state index is 13.1. The molecule has 0 unspecified atom stereocenters. The molecule has 0 atom stereocenters. The predicted octanol–water partition coefficient (Wildman–Crippen LogP) is 3.50. The Kier molecular flexibility index (Phi) is 6.32. The van der Waals surface area contributed by atoms with Crippen molar-refractivity contribution in [1.29, 1.82) is 0 Å². The van der Waals surface area contributed by atoms with E-state index in [-0.39, 0.29) is 25.1 Å². The van der Waals surface area contributed by atoms with E-state index in [1.54, 1.807) is 11.9 Å². The van der Waals surface area contributed by atoms with Gasteiger partial charge in [-0.3, -0.25) is 4.79 Å². The minimum absolute atomic E-state index is 0.00892. The molecule has 0 bridgehead atoms. The van der Waals surface area contributed by atoms with Crippen molar-refractivity contribution in [3.8, 4) is 5.75 Å². The fraction of sp³-hybridized carbons (Fsp3) is 0.167. The minimum atomic E-state index is -0.209. The van der Waals surface area contributed by atoms with Crippen molar-refractivity contribution >= 4 is 5.91 Å². The van der Waals surface area contributed by atoms with Gasteiger partial charge in [-0.15, -0.1) is 10.2 Å². The van der Waals surface area contributed by atoms with Gasteiger partial charge in [0, 0.05) is 7.05 Å². The highest BCUT2D eigenvalue weighted by Gasteiger charge is 2.24. The topological polar surface area (TPSA) is 73.1 Å². The second-order valence-corrected chi connectivity index (χ2v) is 7.07. The summed E-state index contributed by atoms with van der Waals surface area (Å²) < 4.78 is 5.64. The molecule has 31 heavy (non-hydrogen) atoms. The number of carbonyl (C=O) groups excluding carboxylic acids is 1. The maximum Gasteiger partial charge on any atom is 0.246 e. The smallest absolute Gasteiger partial charge is 0.246 e. The van der Waals surface area contributed by atoms with Gasteiger partial charge in [0.2, 0.25) is 11.7 Å². The average Bonchev–Trinajstić information content (AvgIpc) is 3.27. The number of benzene rings is 3. The third-order valence-corrected chi connectivity index (χ3v) is 4.89. The van der Waals surface area contributed by atoms with E-state index in [0.29, 0.717) is 5.82 Å². The second kappa shape index (κ2) is 9.67. The summed E-state index contributed by atoms with van der Waals surface area (Å²) in [5.41, 5.74) is 2.07. The summed E-state index contributed by atoms with van der Waals surface area (Å²) in [5, 5.41) is 12.3. The number of hydrogen-bond donors (Lipinski definition) is 0. The number of aromatic nitrogens is 4. The summed E-state index contributed by atoms with van der Waals surface area (Å²) in [5.74, 6) is 1.02. The van der Waals surface area contributed by atoms with Crippen LogP contribution in [0.25, 0.3) is 0 Å². The van der Waals surface area contributed by atoms with E-state index in [1.807, 2.05) is 91.0 Å². The fourth-order valence-corrected chi connectivity index (χ4v) is 3.35. The van der Waals surface area contributed by atoms with Gasteiger partial charge in [-0.05, 0) is 28.5 Å². The SMILES string of the molecule is CN(C(=O)Cn1nnc(COc2ccccc2)n1)C(c1ccccc1)c1ccccc1. The summed E-state index contributed by atoms with van der Waals surface area (Å²) >= 11 is 0. The summed E-state index contributed by atoms with van der Waals surface area (Å²) in [7, 11) is 1.79. The van der Waals surface area contributed by atoms with Crippen LogP contribution in [0.1, 0.15) is 23.0 Å². The molecule has 4 rings (SSSR count). The highest BCUT2D eigenvalue weighted by Crippen LogP contribution is 2.27. The number of para-hydroxylation sites is 1. The minimum Gasteiger partial charge on any atom is -0.485 e. The fourth-order valence-electron chi connectivity index (χ4n) is 3.35. The molecule has 1 aromatic heterocycles. The first-order valence-corrected chi connectivity index (χ1v) is 10.0. The Morgan fingerprint density at radius 3 is 2.03 bits per heavy atom. The molecule has 0 aliphatic carbocycles. The zero-order valence-electron chi connectivity index (χ0n) is 17.2. The summed E-state index contributed by atoms with van der Waals surface area (Å²) in [6.45, 7) is 0.176. The Hall–Kier alpha value is -4.00. The lowest BCUT2D eigenvalue weighted by Gasteiger charge is -2.29. The Bertz CT molecular complexity index is 1060. The first-order valence-electron chi connectivity index (χ1n) is 10.0. The molecule has 0 saturated heterocycles. The third-order valence-electron chi connectivity index (χ3n) is 4.89. The molecular weight excluding hydrogens is 390 g/mol. The number of nitrogens with zero attached hydrogens (tertiary/aromatic N) is 5. The largest absolute Gasteiger partial charge is 0.485 e. The number of likely N-dealkylation sites (N-methyl/N-ethyl adjacent to an activating group) is 1. The van der Waals surface area contributed by atoms with E-state index in [9.17, 15) is 4.79 Å². The Balaban J connectivity index is 1.45. The maximum atomic E-state index is 13.1. The molecule has 0 radical (unpaired) electrons. The highest BCUT2D eigenvalue weighted by atomic mass is 16.5. The van der Waals surface area contributed by atoms with E-state index < -0.39 is 0 Å². The number of carbonyl (C=O) groups is 1. The van der Waals surface area contributed by atoms with Crippen LogP contribution in [0.5, 0.6) is 5.75 Å². The zero-order chi connectivity index (χ0) is 21.5. The van der Waals surface area contributed by atoms with E-state index in [1.165, 1.54) is 4.80 Å². The Morgan fingerprint density at radius 1 is 0.903 bits per heavy atom. The molecular formula is C24H23N5O2. The van der Waals surface area contributed by atoms with Gasteiger partial charge in [0.15, 0.2) is 6.61 Å². The van der Waals surface area contributed by atoms with Crippen molar-refractivity contribution in [3.05, 3.63) is 108 Å². The van der Waals surface area contributed by atoms with Crippen LogP contribution in [-0.4, -0.2) is 38.1 Å². The van der Waals surface area contributed by atoms with Gasteiger partial charge in [-0.1, -0.05) is 78.9 Å². The van der Waals surface area contributed by atoms with Crippen LogP contribution in [0.15, 0.2) is 91.0 Å². The molecule has 7 heteroatoms. The molecule has 0 spiro atoms. The van der Waals surface area contributed by atoms with E-state index in [4.69, 9.17) is 4.74 Å². The van der Waals surface area contributed by atoms with Crippen molar-refractivity contribution in [2.45, 2.75) is 19.2 Å². The number of tetrazole rings is 1. The van der Waals surface area contributed by atoms with Gasteiger partial charge in [-0.2, -0.15) is 4.80 Å². The van der Waals surface area contributed by atoms with Crippen molar-refractivity contribution in [2.24, 2.45) is 0 Å². The normalized spacial score (nSPS) is 10.8. The monoisotopic (exact) mass is 413 g/mol. The molecule has 0 fully saturated rings. The van der Waals surface area contributed by atoms with E-state index in [2.05, 4.69) is 15.4 Å². The van der Waals surface area contributed by atoms with E-state index in [0.717, 1.165) is 16.9 Å². The standard InChI is InChI=1S/C24H23N5O2/c1-28(24(19-11-5-2-6-12-19)20-13-7-3-8-14-20)23(30)17-29-26-22(25-27-29)18-31-21-15-9-4-10-16-21/h2-16,24H,17-18H2,1H3. The first-order chi connectivity index (χ1) is 15.2. The van der Waals surface area contributed by atoms with Crippen molar-refractivity contribution in [3.63, 3.8) is 0 Å². The first kappa shape index (κ1) is 20.3.